The summed E-state index contributed by atoms with van der Waals surface area (Å²) >= 11 is 3.33. The Kier molecular flexibility index (Phi) is 9.79. The minimum absolute atomic E-state index is 0.453. The molecule has 0 amide bonds. The Labute approximate surface area is 100.0 Å². The number of nitriles is 1. The van der Waals surface area contributed by atoms with Crippen LogP contribution in [0.5, 0.6) is 0 Å². The van der Waals surface area contributed by atoms with Gasteiger partial charge in [-0.3, -0.25) is 4.99 Å². The number of nitrogens with zero attached hydrogens (tertiary/aromatic N) is 2. The maximum absolute atomic E-state index is 8.70. The summed E-state index contributed by atoms with van der Waals surface area (Å²) in [6.07, 6.45) is 0. The Morgan fingerprint density at radius 1 is 1.60 bits per heavy atom. The number of thioether (sulfide) groups is 2. The minimum atomic E-state index is 0.453. The lowest BCUT2D eigenvalue weighted by Crippen LogP contribution is -1.98. The standard InChI is InChI=1S/C10H16N2OS2/c1-4-12-10(9(2)7-11)15-8-14-6-5-13-3/h2,4-6,8H2,1,3H3/b12-10+. The van der Waals surface area contributed by atoms with Crippen molar-refractivity contribution in [2.24, 2.45) is 4.99 Å². The van der Waals surface area contributed by atoms with Crippen LogP contribution in [-0.4, -0.2) is 36.1 Å². The highest BCUT2D eigenvalue weighted by Crippen LogP contribution is 2.17. The predicted molar refractivity (Wildman–Crippen MR) is 69.5 cm³/mol. The third-order valence-electron chi connectivity index (χ3n) is 1.41. The largest absolute Gasteiger partial charge is 0.384 e. The molecule has 84 valence electrons. The van der Waals surface area contributed by atoms with Gasteiger partial charge in [-0.1, -0.05) is 18.3 Å². The topological polar surface area (TPSA) is 45.4 Å². The molecule has 0 bridgehead atoms. The molecule has 0 radical (unpaired) electrons. The molecule has 0 aliphatic rings. The normalized spacial score (nSPS) is 11.1. The van der Waals surface area contributed by atoms with Crippen LogP contribution in [0.15, 0.2) is 17.1 Å². The summed E-state index contributed by atoms with van der Waals surface area (Å²) in [5, 5.41) is 10.3. The van der Waals surface area contributed by atoms with Crippen molar-refractivity contribution in [3.05, 3.63) is 12.2 Å². The van der Waals surface area contributed by atoms with Crippen LogP contribution in [0, 0.1) is 11.3 Å². The molecule has 3 nitrogen and oxygen atoms in total. The maximum atomic E-state index is 8.70. The molecule has 0 aliphatic carbocycles. The lowest BCUT2D eigenvalue weighted by molar-refractivity contribution is 0.219. The van der Waals surface area contributed by atoms with Crippen LogP contribution in [-0.2, 0) is 4.74 Å². The third-order valence-corrected chi connectivity index (χ3v) is 3.65. The lowest BCUT2D eigenvalue weighted by Gasteiger charge is -2.03. The van der Waals surface area contributed by atoms with Crippen LogP contribution in [0.1, 0.15) is 6.92 Å². The van der Waals surface area contributed by atoms with Crippen molar-refractivity contribution in [1.82, 2.24) is 0 Å². The van der Waals surface area contributed by atoms with E-state index in [2.05, 4.69) is 11.6 Å². The van der Waals surface area contributed by atoms with Crippen LogP contribution < -0.4 is 0 Å². The Morgan fingerprint density at radius 2 is 2.33 bits per heavy atom. The zero-order valence-corrected chi connectivity index (χ0v) is 10.8. The quantitative estimate of drug-likeness (QED) is 0.227. The summed E-state index contributed by atoms with van der Waals surface area (Å²) in [5.74, 6) is 0.960. The molecule has 0 aromatic rings. The van der Waals surface area contributed by atoms with Crippen molar-refractivity contribution >= 4 is 28.6 Å². The molecule has 0 aromatic carbocycles. The van der Waals surface area contributed by atoms with Gasteiger partial charge in [0.15, 0.2) is 0 Å². The van der Waals surface area contributed by atoms with Crippen molar-refractivity contribution in [3.63, 3.8) is 0 Å². The fourth-order valence-corrected chi connectivity index (χ4v) is 2.69. The number of hydrogen-bond acceptors (Lipinski definition) is 5. The molecule has 0 heterocycles. The summed E-state index contributed by atoms with van der Waals surface area (Å²) in [6.45, 7) is 7.05. The molecule has 15 heavy (non-hydrogen) atoms. The van der Waals surface area contributed by atoms with E-state index in [1.807, 2.05) is 13.0 Å². The first kappa shape index (κ1) is 14.6. The van der Waals surface area contributed by atoms with Crippen LogP contribution in [0.25, 0.3) is 0 Å². The third kappa shape index (κ3) is 7.48. The molecule has 0 N–H and O–H groups in total. The van der Waals surface area contributed by atoms with Crippen LogP contribution in [0.3, 0.4) is 0 Å². The van der Waals surface area contributed by atoms with Crippen LogP contribution in [0.2, 0.25) is 0 Å². The van der Waals surface area contributed by atoms with E-state index in [-0.39, 0.29) is 0 Å². The van der Waals surface area contributed by atoms with Crippen molar-refractivity contribution in [2.45, 2.75) is 6.92 Å². The number of ether oxygens (including phenoxy) is 1. The highest BCUT2D eigenvalue weighted by atomic mass is 32.2. The van der Waals surface area contributed by atoms with Gasteiger partial charge in [-0.25, -0.2) is 0 Å². The van der Waals surface area contributed by atoms with E-state index in [0.717, 1.165) is 22.5 Å². The monoisotopic (exact) mass is 244 g/mol. The van der Waals surface area contributed by atoms with Gasteiger partial charge in [0.05, 0.1) is 12.2 Å². The molecule has 0 rings (SSSR count). The van der Waals surface area contributed by atoms with E-state index in [0.29, 0.717) is 12.1 Å². The zero-order valence-electron chi connectivity index (χ0n) is 9.15. The Bertz CT molecular complexity index is 259. The molecule has 0 saturated heterocycles. The number of rotatable bonds is 7. The average molecular weight is 244 g/mol. The van der Waals surface area contributed by atoms with Crippen LogP contribution >= 0.6 is 23.5 Å². The molecule has 0 aliphatic heterocycles. The van der Waals surface area contributed by atoms with Gasteiger partial charge in [-0.2, -0.15) is 5.26 Å². The van der Waals surface area contributed by atoms with Gasteiger partial charge < -0.3 is 4.74 Å². The number of hydrogen-bond donors (Lipinski definition) is 0. The van der Waals surface area contributed by atoms with Gasteiger partial charge in [0.2, 0.25) is 0 Å². The Morgan fingerprint density at radius 3 is 2.87 bits per heavy atom. The molecule has 5 heteroatoms. The molecular weight excluding hydrogens is 228 g/mol. The van der Waals surface area contributed by atoms with E-state index >= 15 is 0 Å². The first-order valence-corrected chi connectivity index (χ1v) is 6.73. The van der Waals surface area contributed by atoms with E-state index in [1.165, 1.54) is 0 Å². The smallest absolute Gasteiger partial charge is 0.108 e. The van der Waals surface area contributed by atoms with Crippen molar-refractivity contribution in [2.75, 3.05) is 31.1 Å². The highest BCUT2D eigenvalue weighted by molar-refractivity contribution is 8.24. The summed E-state index contributed by atoms with van der Waals surface area (Å²) in [6, 6.07) is 2.02. The second-order valence-electron chi connectivity index (χ2n) is 2.53. The predicted octanol–water partition coefficient (Wildman–Crippen LogP) is 2.55. The van der Waals surface area contributed by atoms with E-state index in [9.17, 15) is 0 Å². The van der Waals surface area contributed by atoms with Crippen LogP contribution in [0.4, 0.5) is 0 Å². The molecule has 0 aromatic heterocycles. The van der Waals surface area contributed by atoms with Gasteiger partial charge in [0.25, 0.3) is 0 Å². The van der Waals surface area contributed by atoms with Gasteiger partial charge in [-0.05, 0) is 6.92 Å². The first-order valence-electron chi connectivity index (χ1n) is 4.59. The van der Waals surface area contributed by atoms with E-state index in [1.54, 1.807) is 30.6 Å². The van der Waals surface area contributed by atoms with Gasteiger partial charge >= 0.3 is 0 Å². The van der Waals surface area contributed by atoms with Crippen molar-refractivity contribution in [1.29, 1.82) is 5.26 Å². The molecule has 0 fully saturated rings. The SMILES string of the molecule is C=C(C#N)/C(=N\CC)SCSCCOC. The minimum Gasteiger partial charge on any atom is -0.384 e. The molecule has 0 saturated carbocycles. The molecule has 0 unspecified atom stereocenters. The van der Waals surface area contributed by atoms with Crippen molar-refractivity contribution in [3.8, 4) is 6.07 Å². The summed E-state index contributed by atoms with van der Waals surface area (Å²) in [7, 11) is 1.69. The highest BCUT2D eigenvalue weighted by Gasteiger charge is 2.04. The maximum Gasteiger partial charge on any atom is 0.108 e. The Hall–Kier alpha value is -0.440. The number of aliphatic imine (C=N–C) groups is 1. The second kappa shape index (κ2) is 10.1. The Balaban J connectivity index is 3.84. The molecule has 0 atom stereocenters. The first-order chi connectivity index (χ1) is 7.26. The van der Waals surface area contributed by atoms with Gasteiger partial charge in [0.1, 0.15) is 11.1 Å². The second-order valence-corrected chi connectivity index (χ2v) is 4.97. The van der Waals surface area contributed by atoms with Gasteiger partial charge in [-0.15, -0.1) is 11.8 Å². The molecular formula is C10H16N2OS2. The molecule has 0 spiro atoms. The fraction of sp³-hybridized carbons (Fsp3) is 0.600. The lowest BCUT2D eigenvalue weighted by atomic mass is 10.4. The van der Waals surface area contributed by atoms with Gasteiger partial charge in [0, 0.05) is 24.5 Å². The van der Waals surface area contributed by atoms with E-state index in [4.69, 9.17) is 10.00 Å². The summed E-state index contributed by atoms with van der Waals surface area (Å²) in [4.78, 5) is 4.23. The zero-order chi connectivity index (χ0) is 11.5. The van der Waals surface area contributed by atoms with E-state index < -0.39 is 0 Å². The van der Waals surface area contributed by atoms with Crippen molar-refractivity contribution < 1.29 is 4.74 Å². The summed E-state index contributed by atoms with van der Waals surface area (Å²) in [5.41, 5.74) is 0.453. The number of methoxy groups -OCH3 is 1. The fourth-order valence-electron chi connectivity index (χ4n) is 0.718. The summed E-state index contributed by atoms with van der Waals surface area (Å²) < 4.78 is 4.93. The average Bonchev–Trinajstić information content (AvgIpc) is 2.26.